The summed E-state index contributed by atoms with van der Waals surface area (Å²) in [7, 11) is -2.20. The van der Waals surface area contributed by atoms with E-state index in [1.165, 1.54) is 22.8 Å². The molecule has 108 valence electrons. The summed E-state index contributed by atoms with van der Waals surface area (Å²) in [5.41, 5.74) is 0.0113. The zero-order valence-electron chi connectivity index (χ0n) is 10.8. The molecule has 7 nitrogen and oxygen atoms in total. The number of rotatable bonds is 4. The Bertz CT molecular complexity index is 829. The average molecular weight is 298 g/mol. The van der Waals surface area contributed by atoms with Crippen molar-refractivity contribution in [2.24, 2.45) is 7.05 Å². The number of aryl methyl sites for hydroxylation is 1. The van der Waals surface area contributed by atoms with E-state index < -0.39 is 21.3 Å². The van der Waals surface area contributed by atoms with E-state index >= 15 is 0 Å². The second kappa shape index (κ2) is 4.18. The number of sulfonamides is 1. The van der Waals surface area contributed by atoms with E-state index in [0.29, 0.717) is 18.4 Å². The molecule has 1 aliphatic carbocycles. The first-order valence-electron chi connectivity index (χ1n) is 6.11. The second-order valence-corrected chi connectivity index (χ2v) is 6.78. The first-order valence-corrected chi connectivity index (χ1v) is 7.60. The number of oxazole rings is 1. The van der Waals surface area contributed by atoms with E-state index in [1.807, 2.05) is 0 Å². The van der Waals surface area contributed by atoms with Crippen molar-refractivity contribution in [3.05, 3.63) is 28.7 Å². The van der Waals surface area contributed by atoms with Crippen molar-refractivity contribution in [2.45, 2.75) is 23.3 Å². The fraction of sp³-hybridized carbons (Fsp3) is 0.417. The summed E-state index contributed by atoms with van der Waals surface area (Å²) < 4.78 is 33.2. The summed E-state index contributed by atoms with van der Waals surface area (Å²) in [5, 5.41) is 9.19. The predicted octanol–water partition coefficient (Wildman–Crippen LogP) is -0.0653. The minimum absolute atomic E-state index is 0.0130. The van der Waals surface area contributed by atoms with Crippen molar-refractivity contribution in [3.8, 4) is 0 Å². The van der Waals surface area contributed by atoms with Gasteiger partial charge in [-0.2, -0.15) is 0 Å². The van der Waals surface area contributed by atoms with Crippen LogP contribution in [0.3, 0.4) is 0 Å². The highest BCUT2D eigenvalue weighted by molar-refractivity contribution is 7.89. The Morgan fingerprint density at radius 3 is 2.75 bits per heavy atom. The van der Waals surface area contributed by atoms with Crippen LogP contribution < -0.4 is 10.5 Å². The molecule has 0 unspecified atom stereocenters. The molecule has 0 atom stereocenters. The van der Waals surface area contributed by atoms with Gasteiger partial charge in [0.15, 0.2) is 5.58 Å². The minimum Gasteiger partial charge on any atom is -0.408 e. The lowest BCUT2D eigenvalue weighted by Gasteiger charge is -2.14. The maximum Gasteiger partial charge on any atom is 0.419 e. The smallest absolute Gasteiger partial charge is 0.408 e. The van der Waals surface area contributed by atoms with Gasteiger partial charge in [0, 0.05) is 13.1 Å². The maximum atomic E-state index is 12.2. The number of hydrogen-bond acceptors (Lipinski definition) is 5. The molecule has 0 spiro atoms. The fourth-order valence-electron chi connectivity index (χ4n) is 2.07. The molecular formula is C12H14N2O5S. The largest absolute Gasteiger partial charge is 0.419 e. The van der Waals surface area contributed by atoms with Crippen LogP contribution in [0.25, 0.3) is 11.1 Å². The molecule has 8 heteroatoms. The molecule has 1 heterocycles. The molecule has 20 heavy (non-hydrogen) atoms. The number of aromatic nitrogens is 1. The predicted molar refractivity (Wildman–Crippen MR) is 70.8 cm³/mol. The number of fused-ring (bicyclic) bond motifs is 1. The van der Waals surface area contributed by atoms with Gasteiger partial charge in [-0.3, -0.25) is 4.57 Å². The molecule has 0 radical (unpaired) electrons. The molecule has 1 aliphatic rings. The first kappa shape index (κ1) is 13.3. The SMILES string of the molecule is Cn1c(=O)oc2cc(S(=O)(=O)NC3(CO)CC3)ccc21. The highest BCUT2D eigenvalue weighted by Gasteiger charge is 2.45. The standard InChI is InChI=1S/C12H14N2O5S/c1-14-9-3-2-8(6-10(9)19-11(14)16)20(17,18)13-12(7-15)4-5-12/h2-3,6,13,15H,4-5,7H2,1H3. The van der Waals surface area contributed by atoms with Crippen molar-refractivity contribution < 1.29 is 17.9 Å². The Hall–Kier alpha value is -1.64. The van der Waals surface area contributed by atoms with Crippen molar-refractivity contribution in [3.63, 3.8) is 0 Å². The van der Waals surface area contributed by atoms with E-state index in [4.69, 9.17) is 4.42 Å². The van der Waals surface area contributed by atoms with Gasteiger partial charge in [-0.25, -0.2) is 17.9 Å². The van der Waals surface area contributed by atoms with Gasteiger partial charge in [0.2, 0.25) is 10.0 Å². The van der Waals surface area contributed by atoms with Gasteiger partial charge >= 0.3 is 5.76 Å². The van der Waals surface area contributed by atoms with Gasteiger partial charge in [0.25, 0.3) is 0 Å². The van der Waals surface area contributed by atoms with Crippen LogP contribution >= 0.6 is 0 Å². The summed E-state index contributed by atoms with van der Waals surface area (Å²) in [6, 6.07) is 4.24. The number of aliphatic hydroxyl groups excluding tert-OH is 1. The van der Waals surface area contributed by atoms with E-state index in [2.05, 4.69) is 4.72 Å². The molecular weight excluding hydrogens is 284 g/mol. The summed E-state index contributed by atoms with van der Waals surface area (Å²) in [4.78, 5) is 11.4. The Labute approximate surface area is 114 Å². The lowest BCUT2D eigenvalue weighted by Crippen LogP contribution is -2.39. The van der Waals surface area contributed by atoms with E-state index in [9.17, 15) is 18.3 Å². The van der Waals surface area contributed by atoms with Crippen LogP contribution in [0, 0.1) is 0 Å². The topological polar surface area (TPSA) is 102 Å². The molecule has 0 amide bonds. The molecule has 0 aliphatic heterocycles. The summed E-state index contributed by atoms with van der Waals surface area (Å²) in [5.74, 6) is -0.545. The van der Waals surface area contributed by atoms with Crippen molar-refractivity contribution >= 4 is 21.1 Å². The summed E-state index contributed by atoms with van der Waals surface area (Å²) in [6.45, 7) is -0.227. The Morgan fingerprint density at radius 1 is 1.45 bits per heavy atom. The van der Waals surface area contributed by atoms with E-state index in [1.54, 1.807) is 7.05 Å². The fourth-order valence-corrected chi connectivity index (χ4v) is 3.53. The molecule has 1 aromatic heterocycles. The van der Waals surface area contributed by atoms with E-state index in [0.717, 1.165) is 0 Å². The maximum absolute atomic E-state index is 12.2. The minimum atomic E-state index is -3.74. The van der Waals surface area contributed by atoms with Gasteiger partial charge < -0.3 is 9.52 Å². The van der Waals surface area contributed by atoms with Crippen LogP contribution in [0.5, 0.6) is 0 Å². The van der Waals surface area contributed by atoms with Gasteiger partial charge in [0.05, 0.1) is 22.6 Å². The third kappa shape index (κ3) is 2.05. The molecule has 0 bridgehead atoms. The normalized spacial score (nSPS) is 17.5. The highest BCUT2D eigenvalue weighted by atomic mass is 32.2. The molecule has 3 rings (SSSR count). The van der Waals surface area contributed by atoms with Crippen molar-refractivity contribution in [2.75, 3.05) is 6.61 Å². The molecule has 1 fully saturated rings. The van der Waals surface area contributed by atoms with Gasteiger partial charge in [0.1, 0.15) is 0 Å². The number of hydrogen-bond donors (Lipinski definition) is 2. The van der Waals surface area contributed by atoms with Crippen LogP contribution in [-0.4, -0.2) is 30.2 Å². The zero-order valence-corrected chi connectivity index (χ0v) is 11.6. The molecule has 2 aromatic rings. The molecule has 0 saturated heterocycles. The number of nitrogens with zero attached hydrogens (tertiary/aromatic N) is 1. The summed E-state index contributed by atoms with van der Waals surface area (Å²) in [6.07, 6.45) is 1.23. The average Bonchev–Trinajstić information content (AvgIpc) is 3.11. The zero-order chi connectivity index (χ0) is 14.5. The highest BCUT2D eigenvalue weighted by Crippen LogP contribution is 2.36. The van der Waals surface area contributed by atoms with Crippen LogP contribution in [-0.2, 0) is 17.1 Å². The molecule has 1 saturated carbocycles. The third-order valence-corrected chi connectivity index (χ3v) is 5.16. The number of nitrogens with one attached hydrogen (secondary N) is 1. The molecule has 2 N–H and O–H groups in total. The van der Waals surface area contributed by atoms with Crippen LogP contribution in [0.4, 0.5) is 0 Å². The second-order valence-electron chi connectivity index (χ2n) is 5.10. The van der Waals surface area contributed by atoms with Crippen LogP contribution in [0.1, 0.15) is 12.8 Å². The number of benzene rings is 1. The quantitative estimate of drug-likeness (QED) is 0.823. The Balaban J connectivity index is 2.03. The lowest BCUT2D eigenvalue weighted by molar-refractivity contribution is 0.246. The summed E-state index contributed by atoms with van der Waals surface area (Å²) >= 11 is 0. The van der Waals surface area contributed by atoms with Crippen LogP contribution in [0.15, 0.2) is 32.3 Å². The van der Waals surface area contributed by atoms with Gasteiger partial charge in [-0.05, 0) is 25.0 Å². The first-order chi connectivity index (χ1) is 9.37. The van der Waals surface area contributed by atoms with Crippen molar-refractivity contribution in [1.82, 2.24) is 9.29 Å². The number of aliphatic hydroxyl groups is 1. The third-order valence-electron chi connectivity index (χ3n) is 3.58. The Morgan fingerprint density at radius 2 is 2.15 bits per heavy atom. The lowest BCUT2D eigenvalue weighted by atomic mass is 10.3. The monoisotopic (exact) mass is 298 g/mol. The molecule has 1 aromatic carbocycles. The van der Waals surface area contributed by atoms with Gasteiger partial charge in [-0.1, -0.05) is 0 Å². The van der Waals surface area contributed by atoms with Crippen LogP contribution in [0.2, 0.25) is 0 Å². The van der Waals surface area contributed by atoms with Crippen molar-refractivity contribution in [1.29, 1.82) is 0 Å². The van der Waals surface area contributed by atoms with E-state index in [-0.39, 0.29) is 17.1 Å². The Kier molecular flexibility index (Phi) is 2.79. The van der Waals surface area contributed by atoms with Gasteiger partial charge in [-0.15, -0.1) is 0 Å².